The van der Waals surface area contributed by atoms with Crippen LogP contribution in [-0.4, -0.2) is 44.1 Å². The summed E-state index contributed by atoms with van der Waals surface area (Å²) in [7, 11) is 3.21. The Morgan fingerprint density at radius 1 is 1.07 bits per heavy atom. The molecule has 0 bridgehead atoms. The number of nitrogens with zero attached hydrogens (tertiary/aromatic N) is 1. The van der Waals surface area contributed by atoms with Crippen molar-refractivity contribution >= 4 is 23.5 Å². The minimum Gasteiger partial charge on any atom is -0.496 e. The van der Waals surface area contributed by atoms with E-state index in [1.54, 1.807) is 26.3 Å². The standard InChI is InChI=1S/C21H24ClNO5/c1-14-9-17(22)10-15(2)21(14)28-13-20(25)27-12-19(24)23(3)11-16-7-5-6-8-18(16)26-4/h5-10H,11-13H2,1-4H3. The van der Waals surface area contributed by atoms with Crippen molar-refractivity contribution in [2.24, 2.45) is 0 Å². The van der Waals surface area contributed by atoms with Gasteiger partial charge in [0.25, 0.3) is 5.91 Å². The molecule has 0 heterocycles. The maximum absolute atomic E-state index is 12.2. The number of rotatable bonds is 8. The molecule has 150 valence electrons. The van der Waals surface area contributed by atoms with Crippen LogP contribution in [0.3, 0.4) is 0 Å². The van der Waals surface area contributed by atoms with Gasteiger partial charge in [0.05, 0.1) is 7.11 Å². The van der Waals surface area contributed by atoms with Crippen molar-refractivity contribution in [1.82, 2.24) is 4.90 Å². The lowest BCUT2D eigenvalue weighted by atomic mass is 10.1. The van der Waals surface area contributed by atoms with Gasteiger partial charge in [-0.05, 0) is 43.2 Å². The first kappa shape index (κ1) is 21.6. The highest BCUT2D eigenvalue weighted by Gasteiger charge is 2.15. The zero-order chi connectivity index (χ0) is 20.7. The summed E-state index contributed by atoms with van der Waals surface area (Å²) < 4.78 is 15.8. The van der Waals surface area contributed by atoms with E-state index in [0.717, 1.165) is 16.7 Å². The number of hydrogen-bond acceptors (Lipinski definition) is 5. The normalized spacial score (nSPS) is 10.3. The van der Waals surface area contributed by atoms with Crippen molar-refractivity contribution in [3.8, 4) is 11.5 Å². The molecule has 0 spiro atoms. The predicted molar refractivity (Wildman–Crippen MR) is 107 cm³/mol. The monoisotopic (exact) mass is 405 g/mol. The lowest BCUT2D eigenvalue weighted by Crippen LogP contribution is -2.31. The van der Waals surface area contributed by atoms with Gasteiger partial charge in [-0.2, -0.15) is 0 Å². The largest absolute Gasteiger partial charge is 0.496 e. The quantitative estimate of drug-likeness (QED) is 0.628. The highest BCUT2D eigenvalue weighted by atomic mass is 35.5. The fourth-order valence-electron chi connectivity index (χ4n) is 2.73. The second-order valence-corrected chi connectivity index (χ2v) is 6.82. The maximum Gasteiger partial charge on any atom is 0.344 e. The van der Waals surface area contributed by atoms with Crippen LogP contribution in [0.1, 0.15) is 16.7 Å². The van der Waals surface area contributed by atoms with Crippen molar-refractivity contribution in [2.45, 2.75) is 20.4 Å². The van der Waals surface area contributed by atoms with Crippen molar-refractivity contribution < 1.29 is 23.8 Å². The third-order valence-corrected chi connectivity index (χ3v) is 4.36. The molecule has 0 fully saturated rings. The van der Waals surface area contributed by atoms with E-state index in [4.69, 9.17) is 25.8 Å². The molecular formula is C21H24ClNO5. The number of ether oxygens (including phenoxy) is 3. The van der Waals surface area contributed by atoms with Crippen LogP contribution in [-0.2, 0) is 20.9 Å². The van der Waals surface area contributed by atoms with Crippen LogP contribution in [0.15, 0.2) is 36.4 Å². The number of carbonyl (C=O) groups is 2. The number of likely N-dealkylation sites (N-methyl/N-ethyl adjacent to an activating group) is 1. The molecule has 6 nitrogen and oxygen atoms in total. The topological polar surface area (TPSA) is 65.1 Å². The number of esters is 1. The Balaban J connectivity index is 1.83. The Kier molecular flexibility index (Phi) is 7.70. The summed E-state index contributed by atoms with van der Waals surface area (Å²) in [6, 6.07) is 10.9. The molecular weight excluding hydrogens is 382 g/mol. The summed E-state index contributed by atoms with van der Waals surface area (Å²) in [4.78, 5) is 25.6. The highest BCUT2D eigenvalue weighted by Crippen LogP contribution is 2.27. The molecule has 28 heavy (non-hydrogen) atoms. The number of carbonyl (C=O) groups excluding carboxylic acids is 2. The van der Waals surface area contributed by atoms with Gasteiger partial charge in [0.1, 0.15) is 11.5 Å². The van der Waals surface area contributed by atoms with Gasteiger partial charge >= 0.3 is 5.97 Å². The summed E-state index contributed by atoms with van der Waals surface area (Å²) >= 11 is 5.98. The molecule has 0 aliphatic rings. The number of benzene rings is 2. The van der Waals surface area contributed by atoms with E-state index in [1.165, 1.54) is 4.90 Å². The van der Waals surface area contributed by atoms with E-state index in [2.05, 4.69) is 0 Å². The van der Waals surface area contributed by atoms with E-state index in [1.807, 2.05) is 38.1 Å². The van der Waals surface area contributed by atoms with Crippen LogP contribution in [0, 0.1) is 13.8 Å². The number of hydrogen-bond donors (Lipinski definition) is 0. The van der Waals surface area contributed by atoms with Gasteiger partial charge in [-0.3, -0.25) is 4.79 Å². The molecule has 0 N–H and O–H groups in total. The van der Waals surface area contributed by atoms with Crippen molar-refractivity contribution in [3.05, 3.63) is 58.1 Å². The number of halogens is 1. The third kappa shape index (κ3) is 5.89. The highest BCUT2D eigenvalue weighted by molar-refractivity contribution is 6.30. The summed E-state index contributed by atoms with van der Waals surface area (Å²) in [5, 5.41) is 0.605. The van der Waals surface area contributed by atoms with Crippen molar-refractivity contribution in [1.29, 1.82) is 0 Å². The lowest BCUT2D eigenvalue weighted by Gasteiger charge is -2.19. The smallest absolute Gasteiger partial charge is 0.344 e. The zero-order valence-corrected chi connectivity index (χ0v) is 17.2. The van der Waals surface area contributed by atoms with Crippen LogP contribution >= 0.6 is 11.6 Å². The molecule has 2 rings (SSSR count). The minimum atomic E-state index is -0.618. The molecule has 0 saturated carbocycles. The molecule has 2 aromatic rings. The third-order valence-electron chi connectivity index (χ3n) is 4.14. The first-order chi connectivity index (χ1) is 13.3. The van der Waals surface area contributed by atoms with Crippen LogP contribution in [0.25, 0.3) is 0 Å². The van der Waals surface area contributed by atoms with E-state index in [-0.39, 0.29) is 19.1 Å². The van der Waals surface area contributed by atoms with Crippen molar-refractivity contribution in [2.75, 3.05) is 27.4 Å². The molecule has 1 amide bonds. The molecule has 0 unspecified atom stereocenters. The molecule has 7 heteroatoms. The number of methoxy groups -OCH3 is 1. The molecule has 0 radical (unpaired) electrons. The van der Waals surface area contributed by atoms with Gasteiger partial charge in [-0.25, -0.2) is 4.79 Å². The minimum absolute atomic E-state index is 0.285. The number of aryl methyl sites for hydroxylation is 2. The van der Waals surface area contributed by atoms with E-state index >= 15 is 0 Å². The summed E-state index contributed by atoms with van der Waals surface area (Å²) in [6.45, 7) is 3.39. The van der Waals surface area contributed by atoms with Crippen LogP contribution in [0.2, 0.25) is 5.02 Å². The Morgan fingerprint density at radius 2 is 1.71 bits per heavy atom. The van der Waals surface area contributed by atoms with Gasteiger partial charge in [-0.15, -0.1) is 0 Å². The molecule has 0 aromatic heterocycles. The van der Waals surface area contributed by atoms with Crippen LogP contribution < -0.4 is 9.47 Å². The Bertz CT molecular complexity index is 829. The first-order valence-electron chi connectivity index (χ1n) is 8.72. The fraction of sp³-hybridized carbons (Fsp3) is 0.333. The Labute approximate surface area is 169 Å². The predicted octanol–water partition coefficient (Wildman–Crippen LogP) is 3.55. The van der Waals surface area contributed by atoms with Crippen LogP contribution in [0.5, 0.6) is 11.5 Å². The van der Waals surface area contributed by atoms with E-state index < -0.39 is 5.97 Å². The molecule has 0 aliphatic heterocycles. The van der Waals surface area contributed by atoms with Crippen molar-refractivity contribution in [3.63, 3.8) is 0 Å². The van der Waals surface area contributed by atoms with Gasteiger partial charge in [0.2, 0.25) is 0 Å². The van der Waals surface area contributed by atoms with Gasteiger partial charge in [0, 0.05) is 24.2 Å². The lowest BCUT2D eigenvalue weighted by molar-refractivity contribution is -0.153. The molecule has 2 aromatic carbocycles. The Hall–Kier alpha value is -2.73. The number of para-hydroxylation sites is 1. The second kappa shape index (κ2) is 9.99. The molecule has 0 aliphatic carbocycles. The van der Waals surface area contributed by atoms with E-state index in [0.29, 0.717) is 23.1 Å². The molecule has 0 atom stereocenters. The fourth-order valence-corrected chi connectivity index (χ4v) is 3.05. The van der Waals surface area contributed by atoms with Gasteiger partial charge in [-0.1, -0.05) is 29.8 Å². The van der Waals surface area contributed by atoms with E-state index in [9.17, 15) is 9.59 Å². The summed E-state index contributed by atoms with van der Waals surface area (Å²) in [5.41, 5.74) is 2.51. The Morgan fingerprint density at radius 3 is 2.36 bits per heavy atom. The van der Waals surface area contributed by atoms with Gasteiger partial charge in [0.15, 0.2) is 13.2 Å². The SMILES string of the molecule is COc1ccccc1CN(C)C(=O)COC(=O)COc1c(C)cc(Cl)cc1C. The second-order valence-electron chi connectivity index (χ2n) is 6.38. The number of amides is 1. The first-order valence-corrected chi connectivity index (χ1v) is 9.10. The maximum atomic E-state index is 12.2. The molecule has 0 saturated heterocycles. The van der Waals surface area contributed by atoms with Gasteiger partial charge < -0.3 is 19.1 Å². The zero-order valence-electron chi connectivity index (χ0n) is 16.5. The average Bonchev–Trinajstić information content (AvgIpc) is 2.65. The van der Waals surface area contributed by atoms with Crippen LogP contribution in [0.4, 0.5) is 0 Å². The summed E-state index contributed by atoms with van der Waals surface area (Å²) in [5.74, 6) is 0.341. The summed E-state index contributed by atoms with van der Waals surface area (Å²) in [6.07, 6.45) is 0. The average molecular weight is 406 g/mol.